The van der Waals surface area contributed by atoms with Crippen LogP contribution in [0.1, 0.15) is 56.3 Å². The van der Waals surface area contributed by atoms with E-state index in [1.54, 1.807) is 37.9 Å². The van der Waals surface area contributed by atoms with E-state index >= 15 is 8.78 Å². The molecule has 0 radical (unpaired) electrons. The third kappa shape index (κ3) is 3.60. The highest BCUT2D eigenvalue weighted by molar-refractivity contribution is 5.95. The molecule has 0 saturated carbocycles. The van der Waals surface area contributed by atoms with Crippen LogP contribution >= 0.6 is 0 Å². The van der Waals surface area contributed by atoms with Crippen molar-refractivity contribution in [2.45, 2.75) is 52.3 Å². The normalized spacial score (nSPS) is 19.1. The van der Waals surface area contributed by atoms with Crippen LogP contribution in [0.2, 0.25) is 0 Å². The number of alkyl halides is 3. The highest BCUT2D eigenvalue weighted by Gasteiger charge is 2.42. The van der Waals surface area contributed by atoms with Crippen molar-refractivity contribution in [2.75, 3.05) is 17.3 Å². The first-order valence-corrected chi connectivity index (χ1v) is 11.1. The first-order valence-electron chi connectivity index (χ1n) is 11.1. The molecule has 1 N–H and O–H groups in total. The Morgan fingerprint density at radius 1 is 1.15 bits per heavy atom. The summed E-state index contributed by atoms with van der Waals surface area (Å²) in [6.07, 6.45) is 0. The summed E-state index contributed by atoms with van der Waals surface area (Å²) in [7, 11) is 1.73. The molecule has 4 rings (SSSR count). The summed E-state index contributed by atoms with van der Waals surface area (Å²) in [6.45, 7) is 11.4. The number of halogens is 4. The number of benzene rings is 2. The molecule has 2 heterocycles. The Hall–Kier alpha value is -3.16. The second kappa shape index (κ2) is 7.96. The molecule has 0 amide bonds. The number of allylic oxidation sites excluding steroid dienone is 1. The average Bonchev–Trinajstić information content (AvgIpc) is 2.92. The molecule has 8 heteroatoms. The van der Waals surface area contributed by atoms with Crippen LogP contribution in [-0.4, -0.2) is 17.0 Å². The lowest BCUT2D eigenvalue weighted by molar-refractivity contribution is -0.0545. The van der Waals surface area contributed by atoms with Gasteiger partial charge in [0.2, 0.25) is 0 Å². The van der Waals surface area contributed by atoms with Crippen molar-refractivity contribution in [3.63, 3.8) is 0 Å². The van der Waals surface area contributed by atoms with E-state index in [9.17, 15) is 8.78 Å². The SMILES string of the molecule is C=C1N(C)c2cc3c(N[C@H](C)c4cccc(C(F)(F)C(C)C)c4F)nc(C)nc3cc2C1(C)F. The van der Waals surface area contributed by atoms with Gasteiger partial charge in [0.1, 0.15) is 17.5 Å². The van der Waals surface area contributed by atoms with Gasteiger partial charge in [-0.15, -0.1) is 0 Å². The van der Waals surface area contributed by atoms with Gasteiger partial charge < -0.3 is 10.2 Å². The molecule has 0 bridgehead atoms. The molecule has 0 aliphatic carbocycles. The van der Waals surface area contributed by atoms with Crippen molar-refractivity contribution < 1.29 is 17.6 Å². The number of likely N-dealkylation sites (N-methyl/N-ethyl adjacent to an activating group) is 1. The second-order valence-corrected chi connectivity index (χ2v) is 9.37. The Labute approximate surface area is 196 Å². The summed E-state index contributed by atoms with van der Waals surface area (Å²) < 4.78 is 59.8. The highest BCUT2D eigenvalue weighted by Crippen LogP contribution is 2.49. The van der Waals surface area contributed by atoms with Gasteiger partial charge in [0, 0.05) is 35.2 Å². The number of anilines is 2. The van der Waals surface area contributed by atoms with Crippen LogP contribution in [-0.2, 0) is 11.6 Å². The number of aromatic nitrogens is 2. The predicted octanol–water partition coefficient (Wildman–Crippen LogP) is 7.15. The molecule has 0 spiro atoms. The van der Waals surface area contributed by atoms with Crippen LogP contribution in [0.3, 0.4) is 0 Å². The summed E-state index contributed by atoms with van der Waals surface area (Å²) in [5.41, 5.74) is -0.329. The lowest BCUT2D eigenvalue weighted by Gasteiger charge is -2.24. The van der Waals surface area contributed by atoms with Gasteiger partial charge in [-0.3, -0.25) is 0 Å². The third-order valence-corrected chi connectivity index (χ3v) is 6.67. The van der Waals surface area contributed by atoms with Crippen LogP contribution in [0, 0.1) is 18.7 Å². The number of nitrogens with one attached hydrogen (secondary N) is 1. The Morgan fingerprint density at radius 3 is 2.47 bits per heavy atom. The van der Waals surface area contributed by atoms with Crippen LogP contribution in [0.25, 0.3) is 10.9 Å². The maximum atomic E-state index is 15.3. The van der Waals surface area contributed by atoms with Crippen molar-refractivity contribution in [3.05, 3.63) is 70.9 Å². The number of nitrogens with zero attached hydrogens (tertiary/aromatic N) is 3. The zero-order valence-corrected chi connectivity index (χ0v) is 20.1. The summed E-state index contributed by atoms with van der Waals surface area (Å²) in [4.78, 5) is 10.6. The van der Waals surface area contributed by atoms with Gasteiger partial charge in [-0.25, -0.2) is 27.5 Å². The number of aryl methyl sites for hydroxylation is 1. The first kappa shape index (κ1) is 24.0. The molecular weight excluding hydrogens is 444 g/mol. The van der Waals surface area contributed by atoms with Crippen molar-refractivity contribution >= 4 is 22.4 Å². The van der Waals surface area contributed by atoms with Crippen LogP contribution in [0.5, 0.6) is 0 Å². The van der Waals surface area contributed by atoms with Gasteiger partial charge in [0.05, 0.1) is 22.8 Å². The minimum atomic E-state index is -3.30. The zero-order valence-electron chi connectivity index (χ0n) is 20.1. The Balaban J connectivity index is 1.79. The Kier molecular flexibility index (Phi) is 5.61. The summed E-state index contributed by atoms with van der Waals surface area (Å²) >= 11 is 0. The Morgan fingerprint density at radius 2 is 1.82 bits per heavy atom. The maximum absolute atomic E-state index is 15.3. The molecule has 4 nitrogen and oxygen atoms in total. The fourth-order valence-electron chi connectivity index (χ4n) is 4.40. The topological polar surface area (TPSA) is 41.0 Å². The van der Waals surface area contributed by atoms with E-state index in [1.807, 2.05) is 0 Å². The van der Waals surface area contributed by atoms with E-state index in [0.717, 1.165) is 6.07 Å². The van der Waals surface area contributed by atoms with E-state index in [-0.39, 0.29) is 5.56 Å². The molecule has 1 unspecified atom stereocenters. The zero-order chi connectivity index (χ0) is 25.2. The van der Waals surface area contributed by atoms with Crippen molar-refractivity contribution in [3.8, 4) is 0 Å². The standard InChI is InChI=1S/C26H28F4N4/c1-13(2)26(29,30)19-10-8-9-17(23(19)27)14(3)31-24-18-11-22-20(12-21(18)32-16(5)33-24)25(6,28)15(4)34(22)7/h8-14H,4H2,1-3,5-7H3,(H,31,32,33)/t14-,25?/m1/s1. The molecule has 180 valence electrons. The highest BCUT2D eigenvalue weighted by atomic mass is 19.3. The van der Waals surface area contributed by atoms with Crippen LogP contribution < -0.4 is 10.2 Å². The summed E-state index contributed by atoms with van der Waals surface area (Å²) in [5, 5.41) is 3.77. The van der Waals surface area contributed by atoms with Crippen LogP contribution in [0.4, 0.5) is 29.1 Å². The fourth-order valence-corrected chi connectivity index (χ4v) is 4.40. The van der Waals surface area contributed by atoms with E-state index in [1.165, 1.54) is 32.9 Å². The quantitative estimate of drug-likeness (QED) is 0.401. The van der Waals surface area contributed by atoms with Gasteiger partial charge >= 0.3 is 0 Å². The molecule has 2 aromatic carbocycles. The van der Waals surface area contributed by atoms with E-state index in [0.29, 0.717) is 39.5 Å². The number of fused-ring (bicyclic) bond motifs is 2. The molecular formula is C26H28F4N4. The minimum absolute atomic E-state index is 0.102. The molecule has 1 aliphatic rings. The van der Waals surface area contributed by atoms with E-state index in [2.05, 4.69) is 21.9 Å². The first-order chi connectivity index (χ1) is 15.8. The summed E-state index contributed by atoms with van der Waals surface area (Å²) in [5.74, 6) is -4.45. The van der Waals surface area contributed by atoms with Gasteiger partial charge in [-0.2, -0.15) is 0 Å². The number of hydrogen-bond donors (Lipinski definition) is 1. The van der Waals surface area contributed by atoms with Gasteiger partial charge in [0.25, 0.3) is 5.92 Å². The van der Waals surface area contributed by atoms with Crippen molar-refractivity contribution in [1.29, 1.82) is 0 Å². The summed E-state index contributed by atoms with van der Waals surface area (Å²) in [6, 6.07) is 6.81. The van der Waals surface area contributed by atoms with E-state index < -0.39 is 34.9 Å². The van der Waals surface area contributed by atoms with E-state index in [4.69, 9.17) is 0 Å². The second-order valence-electron chi connectivity index (χ2n) is 9.37. The molecule has 34 heavy (non-hydrogen) atoms. The molecule has 0 saturated heterocycles. The fraction of sp³-hybridized carbons (Fsp3) is 0.385. The minimum Gasteiger partial charge on any atom is -0.363 e. The van der Waals surface area contributed by atoms with Gasteiger partial charge in [-0.05, 0) is 32.9 Å². The average molecular weight is 473 g/mol. The lowest BCUT2D eigenvalue weighted by Crippen LogP contribution is -2.24. The van der Waals surface area contributed by atoms with Crippen molar-refractivity contribution in [2.24, 2.45) is 5.92 Å². The smallest absolute Gasteiger partial charge is 0.278 e. The predicted molar refractivity (Wildman–Crippen MR) is 127 cm³/mol. The monoisotopic (exact) mass is 472 g/mol. The molecule has 1 aliphatic heterocycles. The Bertz CT molecular complexity index is 1300. The van der Waals surface area contributed by atoms with Gasteiger partial charge in [0.15, 0.2) is 5.67 Å². The van der Waals surface area contributed by atoms with Gasteiger partial charge in [-0.1, -0.05) is 38.6 Å². The molecule has 2 atom stereocenters. The lowest BCUT2D eigenvalue weighted by atomic mass is 9.94. The largest absolute Gasteiger partial charge is 0.363 e. The maximum Gasteiger partial charge on any atom is 0.278 e. The number of hydrogen-bond acceptors (Lipinski definition) is 4. The third-order valence-electron chi connectivity index (χ3n) is 6.67. The molecule has 0 fully saturated rings. The van der Waals surface area contributed by atoms with Crippen molar-refractivity contribution in [1.82, 2.24) is 9.97 Å². The van der Waals surface area contributed by atoms with Crippen LogP contribution in [0.15, 0.2) is 42.6 Å². The molecule has 3 aromatic rings. The molecule has 1 aromatic heterocycles. The number of rotatable bonds is 5.